The highest BCUT2D eigenvalue weighted by Gasteiger charge is 2.52. The van der Waals surface area contributed by atoms with Crippen molar-refractivity contribution >= 4 is 28.4 Å². The summed E-state index contributed by atoms with van der Waals surface area (Å²) in [6.45, 7) is 11.3. The molecule has 0 spiro atoms. The Hall–Kier alpha value is -0.585. The van der Waals surface area contributed by atoms with Gasteiger partial charge < -0.3 is 14.2 Å². The van der Waals surface area contributed by atoms with Gasteiger partial charge in [0.05, 0.1) is 16.0 Å². The van der Waals surface area contributed by atoms with E-state index in [0.29, 0.717) is 0 Å². The first kappa shape index (κ1) is 13.8. The second-order valence-electron chi connectivity index (χ2n) is 5.65. The average molecular weight is 268 g/mol. The number of rotatable bonds is 3. The monoisotopic (exact) mass is 268 g/mol. The van der Waals surface area contributed by atoms with Gasteiger partial charge in [0.2, 0.25) is 0 Å². The molecule has 2 heterocycles. The zero-order valence-electron chi connectivity index (χ0n) is 12.0. The summed E-state index contributed by atoms with van der Waals surface area (Å²) < 4.78 is 13.0. The minimum Gasteiger partial charge on any atom is -0.399 e. The lowest BCUT2D eigenvalue weighted by Gasteiger charge is -2.32. The van der Waals surface area contributed by atoms with Gasteiger partial charge in [-0.25, -0.2) is 4.98 Å². The molecule has 6 heteroatoms. The van der Waals surface area contributed by atoms with Crippen molar-refractivity contribution in [1.29, 1.82) is 0 Å². The van der Waals surface area contributed by atoms with Gasteiger partial charge >= 0.3 is 7.12 Å². The third kappa shape index (κ3) is 2.29. The highest BCUT2D eigenvalue weighted by molar-refractivity contribution is 7.25. The quantitative estimate of drug-likeness (QED) is 0.784. The van der Waals surface area contributed by atoms with Gasteiger partial charge in [0.15, 0.2) is 5.13 Å². The summed E-state index contributed by atoms with van der Waals surface area (Å²) in [5.74, 6) is 0. The van der Waals surface area contributed by atoms with E-state index >= 15 is 0 Å². The first-order valence-electron chi connectivity index (χ1n) is 6.29. The van der Waals surface area contributed by atoms with Crippen LogP contribution in [0.2, 0.25) is 0 Å². The highest BCUT2D eigenvalue weighted by Crippen LogP contribution is 2.37. The third-order valence-electron chi connectivity index (χ3n) is 3.80. The number of anilines is 1. The molecule has 0 aromatic carbocycles. The van der Waals surface area contributed by atoms with Gasteiger partial charge in [0.25, 0.3) is 0 Å². The summed E-state index contributed by atoms with van der Waals surface area (Å²) in [6.07, 6.45) is 1.86. The van der Waals surface area contributed by atoms with Crippen molar-refractivity contribution in [3.8, 4) is 0 Å². The van der Waals surface area contributed by atoms with Crippen molar-refractivity contribution < 1.29 is 9.31 Å². The number of thiazole rings is 1. The van der Waals surface area contributed by atoms with E-state index in [-0.39, 0.29) is 18.3 Å². The van der Waals surface area contributed by atoms with Crippen LogP contribution in [-0.4, -0.2) is 36.9 Å². The molecule has 1 aliphatic heterocycles. The standard InChI is InChI=1S/C12H21BN2O2S/c1-7-15(6)10-14-8-9(18-10)13-16-11(2,3)12(4,5)17-13/h8H,7H2,1-6H3. The second-order valence-corrected chi connectivity index (χ2v) is 6.69. The van der Waals surface area contributed by atoms with Crippen LogP contribution >= 0.6 is 11.3 Å². The molecule has 0 atom stereocenters. The topological polar surface area (TPSA) is 34.6 Å². The van der Waals surface area contributed by atoms with E-state index < -0.39 is 0 Å². The third-order valence-corrected chi connectivity index (χ3v) is 4.93. The van der Waals surface area contributed by atoms with Crippen LogP contribution in [0.15, 0.2) is 6.20 Å². The fraction of sp³-hybridized carbons (Fsp3) is 0.750. The zero-order chi connectivity index (χ0) is 13.6. The Bertz CT molecular complexity index is 417. The Balaban J connectivity index is 2.17. The summed E-state index contributed by atoms with van der Waals surface area (Å²) in [6, 6.07) is 0. The van der Waals surface area contributed by atoms with E-state index in [1.54, 1.807) is 11.3 Å². The molecule has 1 saturated heterocycles. The summed E-state index contributed by atoms with van der Waals surface area (Å²) in [7, 11) is 1.74. The SMILES string of the molecule is CCN(C)c1ncc(B2OC(C)(C)C(C)(C)O2)s1. The molecular weight excluding hydrogens is 247 g/mol. The minimum absolute atomic E-state index is 0.293. The van der Waals surface area contributed by atoms with Gasteiger partial charge in [-0.1, -0.05) is 0 Å². The Morgan fingerprint density at radius 3 is 2.33 bits per heavy atom. The largest absolute Gasteiger partial charge is 0.507 e. The average Bonchev–Trinajstić information content (AvgIpc) is 2.82. The van der Waals surface area contributed by atoms with Crippen LogP contribution < -0.4 is 9.68 Å². The van der Waals surface area contributed by atoms with Crippen molar-refractivity contribution in [3.63, 3.8) is 0 Å². The van der Waals surface area contributed by atoms with Gasteiger partial charge in [-0.15, -0.1) is 11.3 Å². The van der Waals surface area contributed by atoms with E-state index in [2.05, 4.69) is 44.5 Å². The summed E-state index contributed by atoms with van der Waals surface area (Å²) in [5.41, 5.74) is -0.586. The van der Waals surface area contributed by atoms with E-state index in [1.807, 2.05) is 13.2 Å². The summed E-state index contributed by atoms with van der Waals surface area (Å²) in [5, 5.41) is 1.00. The van der Waals surface area contributed by atoms with Crippen molar-refractivity contribution in [2.45, 2.75) is 45.8 Å². The smallest absolute Gasteiger partial charge is 0.399 e. The van der Waals surface area contributed by atoms with Crippen LogP contribution in [0, 0.1) is 0 Å². The normalized spacial score (nSPS) is 21.3. The fourth-order valence-corrected chi connectivity index (χ4v) is 2.56. The van der Waals surface area contributed by atoms with Crippen molar-refractivity contribution in [3.05, 3.63) is 6.20 Å². The molecule has 1 fully saturated rings. The lowest BCUT2D eigenvalue weighted by Crippen LogP contribution is -2.41. The lowest BCUT2D eigenvalue weighted by atomic mass is 9.89. The predicted octanol–water partition coefficient (Wildman–Crippen LogP) is 1.90. The van der Waals surface area contributed by atoms with Gasteiger partial charge in [0.1, 0.15) is 0 Å². The Morgan fingerprint density at radius 2 is 1.83 bits per heavy atom. The minimum atomic E-state index is -0.300. The van der Waals surface area contributed by atoms with Gasteiger partial charge in [0, 0.05) is 19.8 Å². The Kier molecular flexibility index (Phi) is 3.47. The number of nitrogens with zero attached hydrogens (tertiary/aromatic N) is 2. The van der Waals surface area contributed by atoms with E-state index in [1.165, 1.54) is 0 Å². The first-order valence-corrected chi connectivity index (χ1v) is 7.11. The molecule has 0 N–H and O–H groups in total. The van der Waals surface area contributed by atoms with E-state index in [4.69, 9.17) is 9.31 Å². The molecule has 1 aliphatic rings. The molecule has 1 aromatic rings. The van der Waals surface area contributed by atoms with Crippen LogP contribution in [0.3, 0.4) is 0 Å². The molecule has 2 rings (SSSR count). The number of aromatic nitrogens is 1. The van der Waals surface area contributed by atoms with Crippen molar-refractivity contribution in [1.82, 2.24) is 4.98 Å². The number of hydrogen-bond donors (Lipinski definition) is 0. The molecule has 100 valence electrons. The van der Waals surface area contributed by atoms with Crippen LogP contribution in [0.5, 0.6) is 0 Å². The molecule has 0 unspecified atom stereocenters. The highest BCUT2D eigenvalue weighted by atomic mass is 32.1. The molecule has 0 saturated carbocycles. The van der Waals surface area contributed by atoms with Crippen LogP contribution in [0.4, 0.5) is 5.13 Å². The molecule has 1 aromatic heterocycles. The predicted molar refractivity (Wildman–Crippen MR) is 76.8 cm³/mol. The molecule has 0 radical (unpaired) electrons. The number of hydrogen-bond acceptors (Lipinski definition) is 5. The maximum Gasteiger partial charge on any atom is 0.507 e. The first-order chi connectivity index (χ1) is 8.27. The van der Waals surface area contributed by atoms with Crippen LogP contribution in [0.25, 0.3) is 0 Å². The molecular formula is C12H21BN2O2S. The molecule has 0 bridgehead atoms. The Morgan fingerprint density at radius 1 is 1.28 bits per heavy atom. The molecule has 18 heavy (non-hydrogen) atoms. The lowest BCUT2D eigenvalue weighted by molar-refractivity contribution is 0.00578. The van der Waals surface area contributed by atoms with Crippen LogP contribution in [0.1, 0.15) is 34.6 Å². The van der Waals surface area contributed by atoms with Crippen molar-refractivity contribution in [2.24, 2.45) is 0 Å². The zero-order valence-corrected chi connectivity index (χ0v) is 12.8. The maximum absolute atomic E-state index is 6.01. The van der Waals surface area contributed by atoms with Gasteiger partial charge in [-0.2, -0.15) is 0 Å². The fourth-order valence-electron chi connectivity index (χ4n) is 1.66. The maximum atomic E-state index is 6.01. The molecule has 0 amide bonds. The van der Waals surface area contributed by atoms with Crippen molar-refractivity contribution in [2.75, 3.05) is 18.5 Å². The Labute approximate surface area is 113 Å². The summed E-state index contributed by atoms with van der Waals surface area (Å²) in [4.78, 5) is 6.52. The summed E-state index contributed by atoms with van der Waals surface area (Å²) >= 11 is 1.63. The van der Waals surface area contributed by atoms with E-state index in [0.717, 1.165) is 16.5 Å². The molecule has 0 aliphatic carbocycles. The van der Waals surface area contributed by atoms with Gasteiger partial charge in [-0.05, 0) is 34.6 Å². The second kappa shape index (κ2) is 4.51. The van der Waals surface area contributed by atoms with Gasteiger partial charge in [-0.3, -0.25) is 0 Å². The van der Waals surface area contributed by atoms with E-state index in [9.17, 15) is 0 Å². The molecule has 4 nitrogen and oxygen atoms in total. The van der Waals surface area contributed by atoms with Crippen LogP contribution in [-0.2, 0) is 9.31 Å².